The van der Waals surface area contributed by atoms with Crippen molar-refractivity contribution in [1.29, 1.82) is 0 Å². The summed E-state index contributed by atoms with van der Waals surface area (Å²) in [7, 11) is 0. The summed E-state index contributed by atoms with van der Waals surface area (Å²) in [5.41, 5.74) is 7.44. The quantitative estimate of drug-likeness (QED) is 0.379. The predicted octanol–water partition coefficient (Wildman–Crippen LogP) is 1.93. The van der Waals surface area contributed by atoms with Crippen LogP contribution in [-0.2, 0) is 25.7 Å². The summed E-state index contributed by atoms with van der Waals surface area (Å²) in [6, 6.07) is 6.73. The summed E-state index contributed by atoms with van der Waals surface area (Å²) >= 11 is 0. The average molecular weight is 568 g/mol. The maximum atomic E-state index is 14.7. The Hall–Kier alpha value is -3.64. The lowest BCUT2D eigenvalue weighted by Crippen LogP contribution is -2.46. The van der Waals surface area contributed by atoms with Crippen molar-refractivity contribution < 1.29 is 23.6 Å². The molecule has 0 bridgehead atoms. The normalized spacial score (nSPS) is 19.8. The summed E-state index contributed by atoms with van der Waals surface area (Å²) in [6.45, 7) is 5.40. The van der Waals surface area contributed by atoms with Crippen molar-refractivity contribution in [2.75, 3.05) is 64.8 Å². The van der Waals surface area contributed by atoms with Crippen molar-refractivity contribution in [2.45, 2.75) is 32.2 Å². The molecule has 3 aliphatic heterocycles. The largest absolute Gasteiger partial charge is 0.385 e. The lowest BCUT2D eigenvalue weighted by atomic mass is 9.88. The summed E-state index contributed by atoms with van der Waals surface area (Å²) in [5.74, 6) is -0.116. The third kappa shape index (κ3) is 7.56. The third-order valence-corrected chi connectivity index (χ3v) is 8.10. The first-order valence-electron chi connectivity index (χ1n) is 14.4. The molecular formula is C29H38FN7O4. The molecule has 41 heavy (non-hydrogen) atoms. The summed E-state index contributed by atoms with van der Waals surface area (Å²) in [4.78, 5) is 45.5. The minimum absolute atomic E-state index is 0.00112. The van der Waals surface area contributed by atoms with Gasteiger partial charge in [0.15, 0.2) is 12.4 Å². The van der Waals surface area contributed by atoms with Gasteiger partial charge in [0.05, 0.1) is 13.2 Å². The molecule has 0 spiro atoms. The van der Waals surface area contributed by atoms with Crippen LogP contribution < -0.4 is 5.73 Å². The Bertz CT molecular complexity index is 1220. The van der Waals surface area contributed by atoms with Gasteiger partial charge in [-0.3, -0.25) is 19.5 Å². The molecule has 5 rings (SSSR count). The summed E-state index contributed by atoms with van der Waals surface area (Å²) in [6.07, 6.45) is 6.10. The van der Waals surface area contributed by atoms with Gasteiger partial charge in [0, 0.05) is 57.0 Å². The minimum atomic E-state index is -0.492. The van der Waals surface area contributed by atoms with Gasteiger partial charge in [-0.05, 0) is 68.6 Å². The van der Waals surface area contributed by atoms with Crippen LogP contribution in [0, 0.1) is 17.7 Å². The van der Waals surface area contributed by atoms with E-state index in [1.165, 1.54) is 18.3 Å². The van der Waals surface area contributed by atoms with E-state index in [0.29, 0.717) is 63.8 Å². The molecule has 2 aromatic rings. The second-order valence-corrected chi connectivity index (χ2v) is 10.8. The number of anilines is 1. The molecule has 3 fully saturated rings. The molecule has 12 heteroatoms. The Morgan fingerprint density at radius 2 is 1.71 bits per heavy atom. The number of morpholine rings is 1. The number of nitrogens with zero attached hydrogens (tertiary/aromatic N) is 6. The number of ether oxygens (including phenoxy) is 1. The number of carbonyl (C=O) groups is 2. The van der Waals surface area contributed by atoms with E-state index in [0.717, 1.165) is 38.0 Å². The number of carbonyl (C=O) groups excluding carboxylic acids is 2. The van der Waals surface area contributed by atoms with E-state index in [1.54, 1.807) is 11.1 Å². The zero-order valence-electron chi connectivity index (χ0n) is 23.3. The SMILES string of the molecule is Nc1cc(CN2CCC(C(=O)N3CCC(/C(=N\OCC(=O)N4CCOCC4)c4ncccc4F)CC3)CC2)ccn1. The number of likely N-dealkylation sites (tertiary alicyclic amines) is 2. The molecule has 0 saturated carbocycles. The second-order valence-electron chi connectivity index (χ2n) is 10.8. The molecular weight excluding hydrogens is 529 g/mol. The van der Waals surface area contributed by atoms with Crippen molar-refractivity contribution in [1.82, 2.24) is 24.7 Å². The van der Waals surface area contributed by atoms with Crippen molar-refractivity contribution >= 4 is 23.3 Å². The maximum Gasteiger partial charge on any atom is 0.263 e. The number of hydrogen-bond acceptors (Lipinski definition) is 9. The first kappa shape index (κ1) is 28.9. The number of pyridine rings is 2. The molecule has 0 unspecified atom stereocenters. The molecule has 0 radical (unpaired) electrons. The molecule has 5 heterocycles. The van der Waals surface area contributed by atoms with E-state index in [2.05, 4.69) is 20.0 Å². The van der Waals surface area contributed by atoms with Crippen LogP contribution >= 0.6 is 0 Å². The van der Waals surface area contributed by atoms with Crippen LogP contribution in [0.3, 0.4) is 0 Å². The smallest absolute Gasteiger partial charge is 0.263 e. The van der Waals surface area contributed by atoms with E-state index < -0.39 is 5.82 Å². The highest BCUT2D eigenvalue weighted by Gasteiger charge is 2.33. The van der Waals surface area contributed by atoms with Crippen molar-refractivity contribution in [3.63, 3.8) is 0 Å². The van der Waals surface area contributed by atoms with Gasteiger partial charge in [-0.2, -0.15) is 0 Å². The Balaban J connectivity index is 1.14. The van der Waals surface area contributed by atoms with Crippen LogP contribution in [-0.4, -0.2) is 101 Å². The van der Waals surface area contributed by atoms with E-state index in [9.17, 15) is 14.0 Å². The Morgan fingerprint density at radius 1 is 0.976 bits per heavy atom. The van der Waals surface area contributed by atoms with Gasteiger partial charge in [-0.15, -0.1) is 0 Å². The van der Waals surface area contributed by atoms with Crippen LogP contribution in [0.4, 0.5) is 10.2 Å². The lowest BCUT2D eigenvalue weighted by molar-refractivity contribution is -0.140. The van der Waals surface area contributed by atoms with Gasteiger partial charge < -0.3 is 25.1 Å². The Labute approximate surface area is 239 Å². The Morgan fingerprint density at radius 3 is 2.41 bits per heavy atom. The highest BCUT2D eigenvalue weighted by atomic mass is 19.1. The number of halogens is 1. The number of nitrogens with two attached hydrogens (primary N) is 1. The fourth-order valence-corrected chi connectivity index (χ4v) is 5.77. The monoisotopic (exact) mass is 567 g/mol. The molecule has 2 aromatic heterocycles. The molecule has 3 aliphatic rings. The maximum absolute atomic E-state index is 14.7. The summed E-state index contributed by atoms with van der Waals surface area (Å²) < 4.78 is 20.0. The molecule has 0 aliphatic carbocycles. The van der Waals surface area contributed by atoms with Crippen molar-refractivity contribution in [3.05, 3.63) is 53.7 Å². The highest BCUT2D eigenvalue weighted by molar-refractivity contribution is 6.00. The molecule has 0 aromatic carbocycles. The topological polar surface area (TPSA) is 126 Å². The number of rotatable bonds is 8. The van der Waals surface area contributed by atoms with Gasteiger partial charge >= 0.3 is 0 Å². The number of piperidine rings is 2. The number of hydrogen-bond donors (Lipinski definition) is 1. The number of nitrogen functional groups attached to an aromatic ring is 1. The van der Waals surface area contributed by atoms with E-state index in [1.807, 2.05) is 17.0 Å². The van der Waals surface area contributed by atoms with Crippen LogP contribution in [0.2, 0.25) is 0 Å². The van der Waals surface area contributed by atoms with E-state index >= 15 is 0 Å². The van der Waals surface area contributed by atoms with E-state index in [4.69, 9.17) is 15.3 Å². The van der Waals surface area contributed by atoms with Crippen LogP contribution in [0.5, 0.6) is 0 Å². The molecule has 11 nitrogen and oxygen atoms in total. The zero-order chi connectivity index (χ0) is 28.6. The first-order valence-corrected chi connectivity index (χ1v) is 14.4. The second kappa shape index (κ2) is 13.8. The lowest BCUT2D eigenvalue weighted by Gasteiger charge is -2.37. The molecule has 2 amide bonds. The van der Waals surface area contributed by atoms with Crippen LogP contribution in [0.25, 0.3) is 0 Å². The standard InChI is InChI=1S/C29H38FN7O4/c30-24-2-1-8-33-28(24)27(34-41-20-26(38)36-14-16-40-17-15-36)22-6-12-37(13-7-22)29(39)23-4-10-35(11-5-23)19-21-3-9-32-25(31)18-21/h1-3,8-9,18,22-23H,4-7,10-17,19-20H2,(H2,31,32)/b34-27+. The van der Waals surface area contributed by atoms with Gasteiger partial charge in [-0.25, -0.2) is 9.37 Å². The third-order valence-electron chi connectivity index (χ3n) is 8.10. The highest BCUT2D eigenvalue weighted by Crippen LogP contribution is 2.27. The number of oxime groups is 1. The average Bonchev–Trinajstić information content (AvgIpc) is 3.00. The van der Waals surface area contributed by atoms with Gasteiger partial charge in [0.25, 0.3) is 5.91 Å². The van der Waals surface area contributed by atoms with Gasteiger partial charge in [0.1, 0.15) is 17.2 Å². The predicted molar refractivity (Wildman–Crippen MR) is 150 cm³/mol. The zero-order valence-corrected chi connectivity index (χ0v) is 23.3. The van der Waals surface area contributed by atoms with Crippen molar-refractivity contribution in [2.24, 2.45) is 17.0 Å². The Kier molecular flexibility index (Phi) is 9.73. The fraction of sp³-hybridized carbons (Fsp3) is 0.552. The van der Waals surface area contributed by atoms with Gasteiger partial charge in [0.2, 0.25) is 5.91 Å². The van der Waals surface area contributed by atoms with Crippen LogP contribution in [0.15, 0.2) is 41.8 Å². The van der Waals surface area contributed by atoms with Crippen LogP contribution in [0.1, 0.15) is 36.9 Å². The van der Waals surface area contributed by atoms with Crippen molar-refractivity contribution in [3.8, 4) is 0 Å². The minimum Gasteiger partial charge on any atom is -0.385 e. The number of aromatic nitrogens is 2. The fourth-order valence-electron chi connectivity index (χ4n) is 5.77. The first-order chi connectivity index (χ1) is 20.0. The summed E-state index contributed by atoms with van der Waals surface area (Å²) in [5, 5.41) is 4.24. The molecule has 3 saturated heterocycles. The molecule has 0 atom stereocenters. The van der Waals surface area contributed by atoms with Gasteiger partial charge in [-0.1, -0.05) is 5.16 Å². The molecule has 220 valence electrons. The molecule has 2 N–H and O–H groups in total. The number of amides is 2. The van der Waals surface area contributed by atoms with E-state index in [-0.39, 0.29) is 36.0 Å².